The molecule has 2 aromatic carbocycles. The summed E-state index contributed by atoms with van der Waals surface area (Å²) in [6.45, 7) is 10.2. The van der Waals surface area contributed by atoms with Crippen molar-refractivity contribution in [2.24, 2.45) is 5.92 Å². The number of thiophene rings is 1. The lowest BCUT2D eigenvalue weighted by Crippen LogP contribution is -2.55. The van der Waals surface area contributed by atoms with Crippen molar-refractivity contribution in [2.75, 3.05) is 31.5 Å². The van der Waals surface area contributed by atoms with E-state index in [9.17, 15) is 14.4 Å². The summed E-state index contributed by atoms with van der Waals surface area (Å²) in [5.74, 6) is -0.842. The number of rotatable bonds is 6. The number of Topliss-reactive ketones (excluding diaryl/α,β-unsaturated/α-hetero) is 1. The summed E-state index contributed by atoms with van der Waals surface area (Å²) >= 11 is 1.53. The van der Waals surface area contributed by atoms with Crippen molar-refractivity contribution in [2.45, 2.75) is 45.7 Å². The number of likely N-dealkylation sites (tertiary alicyclic amines) is 1. The van der Waals surface area contributed by atoms with Gasteiger partial charge >= 0.3 is 6.03 Å². The van der Waals surface area contributed by atoms with Crippen LogP contribution in [0.1, 0.15) is 55.4 Å². The molecule has 4 unspecified atom stereocenters. The van der Waals surface area contributed by atoms with E-state index in [1.54, 1.807) is 17.0 Å². The predicted molar refractivity (Wildman–Crippen MR) is 172 cm³/mol. The number of aryl methyl sites for hydroxylation is 4. The van der Waals surface area contributed by atoms with Crippen LogP contribution in [0.3, 0.4) is 0 Å². The molecule has 0 spiro atoms. The van der Waals surface area contributed by atoms with Gasteiger partial charge in [-0.1, -0.05) is 47.5 Å². The van der Waals surface area contributed by atoms with Crippen LogP contribution in [0.4, 0.5) is 10.5 Å². The molecular weight excluding hydrogens is 572 g/mol. The first-order valence-electron chi connectivity index (χ1n) is 15.1. The number of carbonyl (C=O) groups is 3. The summed E-state index contributed by atoms with van der Waals surface area (Å²) in [7, 11) is 0. The van der Waals surface area contributed by atoms with Crippen LogP contribution < -0.4 is 10.6 Å². The van der Waals surface area contributed by atoms with Gasteiger partial charge in [0, 0.05) is 42.7 Å². The van der Waals surface area contributed by atoms with Crippen LogP contribution in [0.25, 0.3) is 0 Å². The highest BCUT2D eigenvalue weighted by Gasteiger charge is 2.59. The zero-order valence-electron chi connectivity index (χ0n) is 25.5. The van der Waals surface area contributed by atoms with E-state index in [2.05, 4.69) is 10.6 Å². The normalized spacial score (nSPS) is 21.8. The Balaban J connectivity index is 1.56. The molecule has 2 saturated heterocycles. The van der Waals surface area contributed by atoms with Crippen molar-refractivity contribution in [3.05, 3.63) is 111 Å². The Bertz CT molecular complexity index is 1650. The van der Waals surface area contributed by atoms with Crippen LogP contribution in [-0.4, -0.2) is 59.7 Å². The molecule has 2 aromatic heterocycles. The molecule has 3 amide bonds. The van der Waals surface area contributed by atoms with Crippen molar-refractivity contribution < 1.29 is 18.8 Å². The zero-order valence-corrected chi connectivity index (χ0v) is 26.3. The van der Waals surface area contributed by atoms with Crippen molar-refractivity contribution >= 4 is 34.7 Å². The lowest BCUT2D eigenvalue weighted by molar-refractivity contribution is -0.136. The first-order valence-corrected chi connectivity index (χ1v) is 16.0. The fourth-order valence-corrected chi connectivity index (χ4v) is 7.64. The largest absolute Gasteiger partial charge is 0.458 e. The second kappa shape index (κ2) is 12.4. The number of ketones is 1. The monoisotopic (exact) mass is 610 g/mol. The van der Waals surface area contributed by atoms with Gasteiger partial charge < -0.3 is 24.9 Å². The van der Waals surface area contributed by atoms with Gasteiger partial charge in [-0.05, 0) is 74.5 Å². The fraction of sp³-hybridized carbons (Fsp3) is 0.343. The molecule has 0 saturated carbocycles. The van der Waals surface area contributed by atoms with Gasteiger partial charge in [-0.3, -0.25) is 9.59 Å². The van der Waals surface area contributed by atoms with Crippen LogP contribution in [0, 0.1) is 33.6 Å². The molecule has 8 nitrogen and oxygen atoms in total. The number of hydrogen-bond donors (Lipinski definition) is 2. The number of urea groups is 1. The molecule has 4 heterocycles. The Morgan fingerprint density at radius 1 is 0.864 bits per heavy atom. The van der Waals surface area contributed by atoms with Crippen LogP contribution in [0.2, 0.25) is 0 Å². The van der Waals surface area contributed by atoms with Crippen LogP contribution >= 0.6 is 11.3 Å². The Morgan fingerprint density at radius 3 is 2.11 bits per heavy atom. The van der Waals surface area contributed by atoms with E-state index in [0.717, 1.165) is 27.1 Å². The van der Waals surface area contributed by atoms with Gasteiger partial charge in [0.05, 0.1) is 12.0 Å². The number of hydrogen-bond acceptors (Lipinski definition) is 6. The predicted octanol–water partition coefficient (Wildman–Crippen LogP) is 6.25. The minimum Gasteiger partial charge on any atom is -0.458 e. The van der Waals surface area contributed by atoms with Crippen molar-refractivity contribution in [3.63, 3.8) is 0 Å². The summed E-state index contributed by atoms with van der Waals surface area (Å²) in [5.41, 5.74) is 4.55. The van der Waals surface area contributed by atoms with E-state index in [1.807, 2.05) is 92.6 Å². The second-order valence-electron chi connectivity index (χ2n) is 11.9. The maximum atomic E-state index is 14.7. The van der Waals surface area contributed by atoms with Gasteiger partial charge in [-0.25, -0.2) is 4.79 Å². The number of benzene rings is 2. The summed E-state index contributed by atoms with van der Waals surface area (Å²) in [5, 5.41) is 8.38. The van der Waals surface area contributed by atoms with E-state index in [0.29, 0.717) is 37.6 Å². The molecule has 44 heavy (non-hydrogen) atoms. The van der Waals surface area contributed by atoms with Gasteiger partial charge in [0.1, 0.15) is 11.8 Å². The van der Waals surface area contributed by atoms with Crippen molar-refractivity contribution in [1.29, 1.82) is 0 Å². The van der Waals surface area contributed by atoms with E-state index in [-0.39, 0.29) is 17.5 Å². The molecule has 4 aromatic rings. The number of piperazine rings is 1. The molecule has 2 aliphatic rings. The number of amides is 3. The highest BCUT2D eigenvalue weighted by molar-refractivity contribution is 7.10. The molecule has 0 aliphatic carbocycles. The summed E-state index contributed by atoms with van der Waals surface area (Å²) in [6.07, 6.45) is 0. The first-order chi connectivity index (χ1) is 21.2. The Hall–Kier alpha value is -4.21. The summed E-state index contributed by atoms with van der Waals surface area (Å²) < 4.78 is 5.90. The molecular formula is C35H38N4O4S. The summed E-state index contributed by atoms with van der Waals surface area (Å²) in [4.78, 5) is 48.3. The van der Waals surface area contributed by atoms with E-state index in [4.69, 9.17) is 4.42 Å². The average molecular weight is 611 g/mol. The molecule has 228 valence electrons. The van der Waals surface area contributed by atoms with Gasteiger partial charge in [-0.2, -0.15) is 0 Å². The molecule has 0 bridgehead atoms. The Labute approximate surface area is 262 Å². The van der Waals surface area contributed by atoms with Crippen LogP contribution in [-0.2, 0) is 4.79 Å². The van der Waals surface area contributed by atoms with Gasteiger partial charge in [0.2, 0.25) is 11.7 Å². The van der Waals surface area contributed by atoms with Gasteiger partial charge in [0.15, 0.2) is 5.76 Å². The fourth-order valence-electron chi connectivity index (χ4n) is 6.54. The lowest BCUT2D eigenvalue weighted by Gasteiger charge is -2.36. The lowest BCUT2D eigenvalue weighted by atomic mass is 9.78. The molecule has 0 radical (unpaired) electrons. The molecule has 4 atom stereocenters. The van der Waals surface area contributed by atoms with E-state index in [1.165, 1.54) is 11.3 Å². The quantitative estimate of drug-likeness (QED) is 0.252. The summed E-state index contributed by atoms with van der Waals surface area (Å²) in [6, 6.07) is 18.9. The maximum absolute atomic E-state index is 14.7. The first kappa shape index (κ1) is 29.8. The molecule has 9 heteroatoms. The van der Waals surface area contributed by atoms with Crippen LogP contribution in [0.5, 0.6) is 0 Å². The second-order valence-corrected chi connectivity index (χ2v) is 12.8. The van der Waals surface area contributed by atoms with E-state index < -0.39 is 30.0 Å². The molecule has 2 N–H and O–H groups in total. The molecule has 6 rings (SSSR count). The minimum absolute atomic E-state index is 0.147. The zero-order chi connectivity index (χ0) is 31.0. The van der Waals surface area contributed by atoms with Crippen LogP contribution in [0.15, 0.2) is 76.5 Å². The van der Waals surface area contributed by atoms with Crippen molar-refractivity contribution in [1.82, 2.24) is 15.1 Å². The maximum Gasteiger partial charge on any atom is 0.323 e. The third-order valence-corrected chi connectivity index (χ3v) is 9.92. The van der Waals surface area contributed by atoms with Gasteiger partial charge in [-0.15, -0.1) is 11.3 Å². The highest BCUT2D eigenvalue weighted by Crippen LogP contribution is 2.53. The Kier molecular flexibility index (Phi) is 8.42. The highest BCUT2D eigenvalue weighted by atomic mass is 32.1. The number of nitrogens with zero attached hydrogens (tertiary/aromatic N) is 2. The van der Waals surface area contributed by atoms with Gasteiger partial charge in [0.25, 0.3) is 0 Å². The number of furan rings is 1. The molecule has 2 aliphatic heterocycles. The van der Waals surface area contributed by atoms with E-state index >= 15 is 0 Å². The molecule has 2 fully saturated rings. The number of nitrogens with one attached hydrogen (secondary N) is 2. The SMILES string of the molecule is Cc1ccc(NC(=O)N2C(C(=O)N3CCNCC3)C(c3sccc3C)C(C(=O)c3ccc(C)o3)C2c2ccc(C)cc2)cc1. The minimum atomic E-state index is -0.910. The third-order valence-electron chi connectivity index (χ3n) is 8.79. The standard InChI is InChI=1S/C35H38N4O4S/c1-21-5-10-25(11-6-21)30-28(32(40)27-14-9-24(4)43-27)29(33-23(3)15-20-44-33)31(34(41)38-18-16-36-17-19-38)39(30)35(42)37-26-12-7-22(2)8-13-26/h5-15,20,28-31,36H,16-19H2,1-4H3,(H,37,42). The average Bonchev–Trinajstić information content (AvgIpc) is 3.75. The number of anilines is 1. The smallest absolute Gasteiger partial charge is 0.323 e. The van der Waals surface area contributed by atoms with Crippen molar-refractivity contribution in [3.8, 4) is 0 Å². The third kappa shape index (κ3) is 5.69. The number of carbonyl (C=O) groups excluding carboxylic acids is 3. The topological polar surface area (TPSA) is 94.9 Å². The Morgan fingerprint density at radius 2 is 1.52 bits per heavy atom.